The minimum atomic E-state index is -4.14. The van der Waals surface area contributed by atoms with Gasteiger partial charge in [0.2, 0.25) is 0 Å². The molecule has 0 atom stereocenters. The van der Waals surface area contributed by atoms with Crippen molar-refractivity contribution in [1.29, 1.82) is 0 Å². The Kier molecular flexibility index (Phi) is 5.70. The molecule has 0 fully saturated rings. The molecule has 1 N–H and O–H groups in total. The molecule has 0 radical (unpaired) electrons. The summed E-state index contributed by atoms with van der Waals surface area (Å²) in [5, 5.41) is 8.90. The molecule has 0 saturated heterocycles. The maximum absolute atomic E-state index is 10.3. The second-order valence-electron chi connectivity index (χ2n) is 2.68. The summed E-state index contributed by atoms with van der Waals surface area (Å²) in [7, 11) is -4.14. The Morgan fingerprint density at radius 2 is 1.71 bits per heavy atom. The van der Waals surface area contributed by atoms with E-state index in [0.717, 1.165) is 5.56 Å². The van der Waals surface area contributed by atoms with E-state index in [1.807, 2.05) is 0 Å². The molecule has 0 bridgehead atoms. The molecule has 0 heterocycles. The largest absolute Gasteiger partial charge is 1.00 e. The van der Waals surface area contributed by atoms with Crippen molar-refractivity contribution in [3.8, 4) is 5.75 Å². The van der Waals surface area contributed by atoms with E-state index in [0.29, 0.717) is 0 Å². The molecule has 0 aliphatic rings. The van der Waals surface area contributed by atoms with Crippen molar-refractivity contribution < 1.29 is 47.6 Å². The fourth-order valence-electron chi connectivity index (χ4n) is 0.905. The summed E-state index contributed by atoms with van der Waals surface area (Å²) < 4.78 is 30.8. The van der Waals surface area contributed by atoms with E-state index in [2.05, 4.69) is 0 Å². The molecule has 72 valence electrons. The van der Waals surface area contributed by atoms with Gasteiger partial charge < -0.3 is 9.66 Å². The van der Waals surface area contributed by atoms with Crippen molar-refractivity contribution >= 4 is 10.1 Å². The normalized spacial score (nSPS) is 10.6. The second kappa shape index (κ2) is 5.72. The number of phenolic OH excluding ortho intramolecular Hbond substituents is 1. The number of aryl methyl sites for hydroxylation is 1. The molecule has 1 aromatic rings. The van der Waals surface area contributed by atoms with Gasteiger partial charge >= 0.3 is 29.6 Å². The first-order chi connectivity index (χ1) is 5.97. The third kappa shape index (κ3) is 5.62. The van der Waals surface area contributed by atoms with E-state index in [1.165, 1.54) is 12.1 Å². The predicted molar refractivity (Wildman–Crippen MR) is 46.4 cm³/mol. The van der Waals surface area contributed by atoms with Crippen molar-refractivity contribution in [2.24, 2.45) is 0 Å². The van der Waals surface area contributed by atoms with Crippen molar-refractivity contribution in [3.05, 3.63) is 29.8 Å². The van der Waals surface area contributed by atoms with Crippen LogP contribution >= 0.6 is 0 Å². The average molecular weight is 224 g/mol. The van der Waals surface area contributed by atoms with E-state index >= 15 is 0 Å². The molecular formula is C8H9NaO4S. The summed E-state index contributed by atoms with van der Waals surface area (Å²) >= 11 is 0. The molecule has 4 nitrogen and oxygen atoms in total. The third-order valence-electron chi connectivity index (χ3n) is 1.58. The quantitative estimate of drug-likeness (QED) is 0.454. The molecule has 0 unspecified atom stereocenters. The van der Waals surface area contributed by atoms with Crippen LogP contribution in [0.25, 0.3) is 0 Å². The zero-order valence-electron chi connectivity index (χ0n) is 7.80. The first-order valence-corrected chi connectivity index (χ1v) is 5.26. The number of phenols is 1. The molecule has 0 aromatic heterocycles. The average Bonchev–Trinajstić information content (AvgIpc) is 2.02. The van der Waals surface area contributed by atoms with Gasteiger partial charge in [0.05, 0.1) is 10.1 Å². The Morgan fingerprint density at radius 1 is 1.21 bits per heavy atom. The van der Waals surface area contributed by atoms with Gasteiger partial charge in [0.25, 0.3) is 0 Å². The maximum Gasteiger partial charge on any atom is 1.00 e. The van der Waals surface area contributed by atoms with Gasteiger partial charge in [-0.2, -0.15) is 0 Å². The Labute approximate surface area is 105 Å². The van der Waals surface area contributed by atoms with Crippen molar-refractivity contribution in [2.45, 2.75) is 6.42 Å². The zero-order chi connectivity index (χ0) is 9.90. The number of hydrogen-bond donors (Lipinski definition) is 1. The van der Waals surface area contributed by atoms with E-state index in [1.54, 1.807) is 12.1 Å². The van der Waals surface area contributed by atoms with E-state index in [-0.39, 0.29) is 41.7 Å². The number of rotatable bonds is 3. The van der Waals surface area contributed by atoms with Crippen LogP contribution in [0.5, 0.6) is 5.75 Å². The monoisotopic (exact) mass is 224 g/mol. The van der Waals surface area contributed by atoms with Crippen LogP contribution in [0.2, 0.25) is 0 Å². The number of hydrogen-bond acceptors (Lipinski definition) is 4. The standard InChI is InChI=1S/C8H10O4S.Na/c9-8-3-1-7(2-4-8)5-6-13(10,11)12;/h1-4,9H,5-6H2,(H,10,11,12);/q;+1/p-1. The summed E-state index contributed by atoms with van der Waals surface area (Å²) in [4.78, 5) is 0. The fraction of sp³-hybridized carbons (Fsp3) is 0.250. The summed E-state index contributed by atoms with van der Waals surface area (Å²) in [6.07, 6.45) is 0.187. The zero-order valence-corrected chi connectivity index (χ0v) is 10.6. The summed E-state index contributed by atoms with van der Waals surface area (Å²) in [6, 6.07) is 6.07. The second-order valence-corrected chi connectivity index (χ2v) is 4.20. The van der Waals surface area contributed by atoms with E-state index in [4.69, 9.17) is 5.11 Å². The van der Waals surface area contributed by atoms with Crippen molar-refractivity contribution in [1.82, 2.24) is 0 Å². The topological polar surface area (TPSA) is 77.4 Å². The first-order valence-electron chi connectivity index (χ1n) is 3.69. The van der Waals surface area contributed by atoms with E-state index < -0.39 is 15.9 Å². The van der Waals surface area contributed by atoms with Crippen LogP contribution < -0.4 is 29.6 Å². The molecular weight excluding hydrogens is 215 g/mol. The first kappa shape index (κ1) is 13.9. The van der Waals surface area contributed by atoms with Gasteiger partial charge in [-0.25, -0.2) is 8.42 Å². The van der Waals surface area contributed by atoms with Crippen LogP contribution in [-0.4, -0.2) is 23.8 Å². The minimum Gasteiger partial charge on any atom is -0.748 e. The maximum atomic E-state index is 10.3. The van der Waals surface area contributed by atoms with Crippen LogP contribution in [0.4, 0.5) is 0 Å². The predicted octanol–water partition coefficient (Wildman–Crippen LogP) is -2.52. The van der Waals surface area contributed by atoms with Crippen LogP contribution in [0.3, 0.4) is 0 Å². The smallest absolute Gasteiger partial charge is 0.748 e. The SMILES string of the molecule is O=S(=O)([O-])CCc1ccc(O)cc1.[Na+]. The molecule has 1 rings (SSSR count). The molecule has 0 aliphatic heterocycles. The van der Waals surface area contributed by atoms with Crippen LogP contribution in [0, 0.1) is 0 Å². The number of benzene rings is 1. The summed E-state index contributed by atoms with van der Waals surface area (Å²) in [6.45, 7) is 0. The van der Waals surface area contributed by atoms with Crippen LogP contribution in [0.15, 0.2) is 24.3 Å². The Morgan fingerprint density at radius 3 is 2.14 bits per heavy atom. The van der Waals surface area contributed by atoms with Crippen LogP contribution in [0.1, 0.15) is 5.56 Å². The molecule has 6 heteroatoms. The summed E-state index contributed by atoms with van der Waals surface area (Å²) in [5.41, 5.74) is 0.720. The van der Waals surface area contributed by atoms with E-state index in [9.17, 15) is 13.0 Å². The molecule has 14 heavy (non-hydrogen) atoms. The molecule has 0 aliphatic carbocycles. The fourth-order valence-corrected chi connectivity index (χ4v) is 1.39. The molecule has 0 spiro atoms. The Bertz CT molecular complexity index is 371. The van der Waals surface area contributed by atoms with Gasteiger partial charge in [-0.1, -0.05) is 12.1 Å². The van der Waals surface area contributed by atoms with Gasteiger partial charge in [-0.15, -0.1) is 0 Å². The van der Waals surface area contributed by atoms with Gasteiger partial charge in [0, 0.05) is 5.75 Å². The van der Waals surface area contributed by atoms with Crippen LogP contribution in [-0.2, 0) is 16.5 Å². The van der Waals surface area contributed by atoms with Gasteiger partial charge in [0.15, 0.2) is 0 Å². The summed E-state index contributed by atoms with van der Waals surface area (Å²) in [5.74, 6) is -0.286. The molecule has 0 amide bonds. The van der Waals surface area contributed by atoms with Gasteiger partial charge in [-0.05, 0) is 24.1 Å². The van der Waals surface area contributed by atoms with Crippen molar-refractivity contribution in [2.75, 3.05) is 5.75 Å². The third-order valence-corrected chi connectivity index (χ3v) is 2.28. The molecule has 0 saturated carbocycles. The molecule has 1 aromatic carbocycles. The Hall–Kier alpha value is -0.0700. The van der Waals surface area contributed by atoms with Gasteiger partial charge in [0.1, 0.15) is 5.75 Å². The minimum absolute atomic E-state index is 0. The van der Waals surface area contributed by atoms with Crippen molar-refractivity contribution in [3.63, 3.8) is 0 Å². The Balaban J connectivity index is 0.00000169. The van der Waals surface area contributed by atoms with Gasteiger partial charge in [-0.3, -0.25) is 0 Å². The number of aromatic hydroxyl groups is 1.